The molecule has 1 aromatic heterocycles. The van der Waals surface area contributed by atoms with Gasteiger partial charge in [-0.1, -0.05) is 24.4 Å². The standard InChI is InChI=1S/C13H11N3OS/c14-12(18)10-3-1-2-4-11(10)16-13(17)9-5-7-15-8-6-9/h1-8H,(H2,14,18)(H,16,17). The Hall–Kier alpha value is -2.27. The number of thiocarbonyl (C=S) groups is 1. The zero-order valence-corrected chi connectivity index (χ0v) is 10.3. The number of hydrogen-bond acceptors (Lipinski definition) is 3. The van der Waals surface area contributed by atoms with Gasteiger partial charge in [-0.3, -0.25) is 9.78 Å². The number of aromatic nitrogens is 1. The average molecular weight is 257 g/mol. The van der Waals surface area contributed by atoms with Crippen molar-refractivity contribution in [2.45, 2.75) is 0 Å². The molecule has 1 aromatic carbocycles. The van der Waals surface area contributed by atoms with E-state index in [0.29, 0.717) is 16.8 Å². The highest BCUT2D eigenvalue weighted by Crippen LogP contribution is 2.15. The van der Waals surface area contributed by atoms with Crippen LogP contribution in [0.2, 0.25) is 0 Å². The summed E-state index contributed by atoms with van der Waals surface area (Å²) in [6.07, 6.45) is 3.13. The summed E-state index contributed by atoms with van der Waals surface area (Å²) in [6, 6.07) is 10.4. The van der Waals surface area contributed by atoms with E-state index in [9.17, 15) is 4.79 Å². The van der Waals surface area contributed by atoms with Crippen molar-refractivity contribution in [1.29, 1.82) is 0 Å². The number of nitrogens with two attached hydrogens (primary N) is 1. The second-order valence-corrected chi connectivity index (χ2v) is 4.04. The van der Waals surface area contributed by atoms with Crippen molar-refractivity contribution in [3.63, 3.8) is 0 Å². The SMILES string of the molecule is NC(=S)c1ccccc1NC(=O)c1ccncc1. The predicted octanol–water partition coefficient (Wildman–Crippen LogP) is 1.97. The highest BCUT2D eigenvalue weighted by atomic mass is 32.1. The Labute approximate surface area is 110 Å². The number of carbonyl (C=O) groups is 1. The Bertz CT molecular complexity index is 584. The summed E-state index contributed by atoms with van der Waals surface area (Å²) >= 11 is 4.94. The van der Waals surface area contributed by atoms with Crippen LogP contribution < -0.4 is 11.1 Å². The molecule has 0 atom stereocenters. The largest absolute Gasteiger partial charge is 0.389 e. The summed E-state index contributed by atoms with van der Waals surface area (Å²) in [5, 5.41) is 2.77. The lowest BCUT2D eigenvalue weighted by Gasteiger charge is -2.09. The van der Waals surface area contributed by atoms with Gasteiger partial charge in [0, 0.05) is 23.5 Å². The van der Waals surface area contributed by atoms with Crippen LogP contribution in [0.5, 0.6) is 0 Å². The fourth-order valence-electron chi connectivity index (χ4n) is 1.50. The molecule has 2 rings (SSSR count). The summed E-state index contributed by atoms with van der Waals surface area (Å²) in [7, 11) is 0. The summed E-state index contributed by atoms with van der Waals surface area (Å²) < 4.78 is 0. The van der Waals surface area contributed by atoms with Crippen LogP contribution in [-0.2, 0) is 0 Å². The van der Waals surface area contributed by atoms with Gasteiger partial charge < -0.3 is 11.1 Å². The molecule has 0 radical (unpaired) electrons. The Morgan fingerprint density at radius 2 is 1.83 bits per heavy atom. The van der Waals surface area contributed by atoms with E-state index in [0.717, 1.165) is 0 Å². The molecule has 0 aliphatic rings. The van der Waals surface area contributed by atoms with E-state index in [-0.39, 0.29) is 10.9 Å². The Morgan fingerprint density at radius 3 is 2.50 bits per heavy atom. The molecular weight excluding hydrogens is 246 g/mol. The van der Waals surface area contributed by atoms with E-state index in [4.69, 9.17) is 18.0 Å². The number of nitrogens with zero attached hydrogens (tertiary/aromatic N) is 1. The molecule has 3 N–H and O–H groups in total. The molecular formula is C13H11N3OS. The lowest BCUT2D eigenvalue weighted by atomic mass is 10.1. The number of amides is 1. The summed E-state index contributed by atoms with van der Waals surface area (Å²) in [4.78, 5) is 16.1. The number of carbonyl (C=O) groups excluding carboxylic acids is 1. The molecule has 90 valence electrons. The molecule has 0 aliphatic heterocycles. The third-order valence-electron chi connectivity index (χ3n) is 2.38. The second-order valence-electron chi connectivity index (χ2n) is 3.60. The predicted molar refractivity (Wildman–Crippen MR) is 74.5 cm³/mol. The zero-order valence-electron chi connectivity index (χ0n) is 9.46. The number of pyridine rings is 1. The van der Waals surface area contributed by atoms with Crippen molar-refractivity contribution in [3.8, 4) is 0 Å². The van der Waals surface area contributed by atoms with Crippen LogP contribution in [0.25, 0.3) is 0 Å². The van der Waals surface area contributed by atoms with E-state index in [1.54, 1.807) is 36.7 Å². The molecule has 1 amide bonds. The lowest BCUT2D eigenvalue weighted by molar-refractivity contribution is 0.102. The van der Waals surface area contributed by atoms with Gasteiger partial charge in [0.2, 0.25) is 0 Å². The Balaban J connectivity index is 2.25. The van der Waals surface area contributed by atoms with Gasteiger partial charge >= 0.3 is 0 Å². The van der Waals surface area contributed by atoms with Gasteiger partial charge in [-0.25, -0.2) is 0 Å². The summed E-state index contributed by atoms with van der Waals surface area (Å²) in [6.45, 7) is 0. The van der Waals surface area contributed by atoms with Crippen molar-refractivity contribution >= 4 is 28.8 Å². The van der Waals surface area contributed by atoms with E-state index in [1.807, 2.05) is 12.1 Å². The first-order valence-electron chi connectivity index (χ1n) is 5.28. The first-order chi connectivity index (χ1) is 8.68. The van der Waals surface area contributed by atoms with Gasteiger partial charge in [0.15, 0.2) is 0 Å². The number of anilines is 1. The fourth-order valence-corrected chi connectivity index (χ4v) is 1.68. The maximum absolute atomic E-state index is 12.0. The van der Waals surface area contributed by atoms with Gasteiger partial charge in [-0.2, -0.15) is 0 Å². The van der Waals surface area contributed by atoms with E-state index in [1.165, 1.54) is 0 Å². The molecule has 4 nitrogen and oxygen atoms in total. The molecule has 0 aliphatic carbocycles. The summed E-state index contributed by atoms with van der Waals surface area (Å²) in [5.74, 6) is -0.221. The molecule has 18 heavy (non-hydrogen) atoms. The minimum atomic E-state index is -0.221. The molecule has 0 bridgehead atoms. The smallest absolute Gasteiger partial charge is 0.255 e. The van der Waals surface area contributed by atoms with Gasteiger partial charge in [0.25, 0.3) is 5.91 Å². The minimum Gasteiger partial charge on any atom is -0.389 e. The van der Waals surface area contributed by atoms with Gasteiger partial charge in [-0.05, 0) is 24.3 Å². The van der Waals surface area contributed by atoms with Crippen LogP contribution in [0.1, 0.15) is 15.9 Å². The van der Waals surface area contributed by atoms with Crippen LogP contribution >= 0.6 is 12.2 Å². The van der Waals surface area contributed by atoms with Gasteiger partial charge in [0.05, 0.1) is 5.69 Å². The highest BCUT2D eigenvalue weighted by Gasteiger charge is 2.09. The van der Waals surface area contributed by atoms with Crippen LogP contribution in [0.3, 0.4) is 0 Å². The van der Waals surface area contributed by atoms with Crippen LogP contribution in [0.15, 0.2) is 48.8 Å². The maximum Gasteiger partial charge on any atom is 0.255 e. The number of benzene rings is 1. The van der Waals surface area contributed by atoms with Crippen molar-refractivity contribution in [2.75, 3.05) is 5.32 Å². The topological polar surface area (TPSA) is 68.0 Å². The monoisotopic (exact) mass is 257 g/mol. The number of rotatable bonds is 3. The zero-order chi connectivity index (χ0) is 13.0. The van der Waals surface area contributed by atoms with Crippen molar-refractivity contribution in [2.24, 2.45) is 5.73 Å². The number of nitrogens with one attached hydrogen (secondary N) is 1. The number of hydrogen-bond donors (Lipinski definition) is 2. The molecule has 0 unspecified atom stereocenters. The van der Waals surface area contributed by atoms with Crippen molar-refractivity contribution in [1.82, 2.24) is 4.98 Å². The van der Waals surface area contributed by atoms with E-state index >= 15 is 0 Å². The third kappa shape index (κ3) is 2.70. The molecule has 0 spiro atoms. The number of para-hydroxylation sites is 1. The normalized spacial score (nSPS) is 9.78. The quantitative estimate of drug-likeness (QED) is 0.825. The molecule has 0 saturated carbocycles. The van der Waals surface area contributed by atoms with Crippen molar-refractivity contribution < 1.29 is 4.79 Å². The molecule has 0 saturated heterocycles. The van der Waals surface area contributed by atoms with Crippen LogP contribution in [0, 0.1) is 0 Å². The Kier molecular flexibility index (Phi) is 3.64. The van der Waals surface area contributed by atoms with Crippen LogP contribution in [0.4, 0.5) is 5.69 Å². The Morgan fingerprint density at radius 1 is 1.17 bits per heavy atom. The van der Waals surface area contributed by atoms with E-state index < -0.39 is 0 Å². The van der Waals surface area contributed by atoms with E-state index in [2.05, 4.69) is 10.3 Å². The maximum atomic E-state index is 12.0. The molecule has 5 heteroatoms. The summed E-state index contributed by atoms with van der Waals surface area (Å²) in [5.41, 5.74) is 7.38. The fraction of sp³-hybridized carbons (Fsp3) is 0. The van der Waals surface area contributed by atoms with Gasteiger partial charge in [0.1, 0.15) is 4.99 Å². The molecule has 2 aromatic rings. The lowest BCUT2D eigenvalue weighted by Crippen LogP contribution is -2.17. The minimum absolute atomic E-state index is 0.221. The third-order valence-corrected chi connectivity index (χ3v) is 2.60. The molecule has 0 fully saturated rings. The van der Waals surface area contributed by atoms with Crippen molar-refractivity contribution in [3.05, 3.63) is 59.9 Å². The molecule has 1 heterocycles. The van der Waals surface area contributed by atoms with Crippen LogP contribution in [-0.4, -0.2) is 15.9 Å². The first kappa shape index (κ1) is 12.2. The second kappa shape index (κ2) is 5.37. The first-order valence-corrected chi connectivity index (χ1v) is 5.69. The highest BCUT2D eigenvalue weighted by molar-refractivity contribution is 7.80. The average Bonchev–Trinajstić information content (AvgIpc) is 2.40. The van der Waals surface area contributed by atoms with Gasteiger partial charge in [-0.15, -0.1) is 0 Å².